The summed E-state index contributed by atoms with van der Waals surface area (Å²) in [5, 5.41) is 6.01. The Morgan fingerprint density at radius 2 is 1.80 bits per heavy atom. The van der Waals surface area contributed by atoms with Crippen molar-refractivity contribution in [3.8, 4) is 17.0 Å². The number of nitrogens with two attached hydrogens (primary N) is 1. The van der Waals surface area contributed by atoms with Gasteiger partial charge in [0.1, 0.15) is 29.4 Å². The number of piperazine rings is 1. The number of fused-ring (bicyclic) bond motifs is 2. The van der Waals surface area contributed by atoms with Crippen molar-refractivity contribution < 1.29 is 9.47 Å². The minimum atomic E-state index is 0.282. The van der Waals surface area contributed by atoms with E-state index in [2.05, 4.69) is 48.7 Å². The maximum absolute atomic E-state index is 6.49. The molecule has 1 aliphatic carbocycles. The smallest absolute Gasteiger partial charge is 0.164 e. The molecule has 5 aromatic rings. The van der Waals surface area contributed by atoms with Crippen LogP contribution in [0.2, 0.25) is 0 Å². The van der Waals surface area contributed by atoms with E-state index in [1.807, 2.05) is 18.2 Å². The largest absolute Gasteiger partial charge is 0.496 e. The SMILES string of the molecule is COc1ccccc1Cc1nc2cc(-c3nn([C@H]4CC[C@H](N5CCN(CC6CCCO6)CC5)CC4)c4ncnc(N)c34)ccc2[nH]1. The third-order valence-corrected chi connectivity index (χ3v) is 10.3. The van der Waals surface area contributed by atoms with Crippen LogP contribution in [0.15, 0.2) is 48.8 Å². The molecule has 3 fully saturated rings. The Kier molecular flexibility index (Phi) is 8.05. The molecule has 11 nitrogen and oxygen atoms in total. The molecule has 1 atom stereocenters. The Morgan fingerprint density at radius 3 is 2.61 bits per heavy atom. The van der Waals surface area contributed by atoms with Gasteiger partial charge < -0.3 is 20.2 Å². The van der Waals surface area contributed by atoms with Crippen LogP contribution in [-0.2, 0) is 11.2 Å². The molecule has 0 bridgehead atoms. The lowest BCUT2D eigenvalue weighted by molar-refractivity contribution is 0.0319. The molecular weight excluding hydrogens is 578 g/mol. The van der Waals surface area contributed by atoms with E-state index >= 15 is 0 Å². The van der Waals surface area contributed by atoms with Crippen LogP contribution < -0.4 is 10.5 Å². The number of anilines is 1. The number of nitrogen functional groups attached to an aromatic ring is 1. The molecular formula is C35H43N9O2. The predicted molar refractivity (Wildman–Crippen MR) is 179 cm³/mol. The van der Waals surface area contributed by atoms with E-state index < -0.39 is 0 Å². The maximum atomic E-state index is 6.49. The van der Waals surface area contributed by atoms with Crippen molar-refractivity contribution in [1.82, 2.24) is 39.5 Å². The number of nitrogens with zero attached hydrogens (tertiary/aromatic N) is 7. The Morgan fingerprint density at radius 1 is 0.978 bits per heavy atom. The number of ether oxygens (including phenoxy) is 2. The summed E-state index contributed by atoms with van der Waals surface area (Å²) in [7, 11) is 1.70. The van der Waals surface area contributed by atoms with Gasteiger partial charge in [-0.05, 0) is 56.7 Å². The number of H-pyrrole nitrogens is 1. The second kappa shape index (κ2) is 12.6. The van der Waals surface area contributed by atoms with Gasteiger partial charge in [-0.25, -0.2) is 19.6 Å². The molecule has 5 heterocycles. The van der Waals surface area contributed by atoms with E-state index in [-0.39, 0.29) is 6.04 Å². The number of methoxy groups -OCH3 is 1. The number of aromatic amines is 1. The third kappa shape index (κ3) is 5.72. The lowest BCUT2D eigenvalue weighted by atomic mass is 9.90. The number of hydrogen-bond donors (Lipinski definition) is 2. The number of nitrogens with one attached hydrogen (secondary N) is 1. The first-order chi connectivity index (χ1) is 22.6. The van der Waals surface area contributed by atoms with Gasteiger partial charge in [-0.15, -0.1) is 0 Å². The van der Waals surface area contributed by atoms with E-state index in [0.717, 1.165) is 103 Å². The average Bonchev–Trinajstić information content (AvgIpc) is 3.84. The van der Waals surface area contributed by atoms with Crippen molar-refractivity contribution in [3.05, 3.63) is 60.2 Å². The molecule has 3 aromatic heterocycles. The van der Waals surface area contributed by atoms with Crippen molar-refractivity contribution in [2.24, 2.45) is 0 Å². The van der Waals surface area contributed by atoms with E-state index in [4.69, 9.17) is 30.3 Å². The summed E-state index contributed by atoms with van der Waals surface area (Å²) in [6.45, 7) is 6.62. The molecule has 46 heavy (non-hydrogen) atoms. The van der Waals surface area contributed by atoms with Gasteiger partial charge in [-0.3, -0.25) is 9.80 Å². The first-order valence-corrected chi connectivity index (χ1v) is 16.8. The molecule has 2 aliphatic heterocycles. The molecule has 240 valence electrons. The van der Waals surface area contributed by atoms with Crippen molar-refractivity contribution >= 4 is 27.9 Å². The second-order valence-electron chi connectivity index (χ2n) is 13.1. The summed E-state index contributed by atoms with van der Waals surface area (Å²) in [6.07, 6.45) is 9.57. The highest BCUT2D eigenvalue weighted by atomic mass is 16.5. The van der Waals surface area contributed by atoms with Crippen LogP contribution in [0.1, 0.15) is 56.0 Å². The maximum Gasteiger partial charge on any atom is 0.164 e. The van der Waals surface area contributed by atoms with Gasteiger partial charge in [0.15, 0.2) is 5.65 Å². The molecule has 0 amide bonds. The fraction of sp³-hybridized carbons (Fsp3) is 0.486. The first-order valence-electron chi connectivity index (χ1n) is 16.8. The quantitative estimate of drug-likeness (QED) is 0.251. The fourth-order valence-electron chi connectivity index (χ4n) is 7.83. The minimum Gasteiger partial charge on any atom is -0.496 e. The molecule has 2 aromatic carbocycles. The average molecular weight is 622 g/mol. The van der Waals surface area contributed by atoms with Gasteiger partial charge >= 0.3 is 0 Å². The number of imidazole rings is 1. The van der Waals surface area contributed by atoms with Crippen LogP contribution in [0.25, 0.3) is 33.3 Å². The Bertz CT molecular complexity index is 1810. The normalized spacial score (nSPS) is 23.0. The summed E-state index contributed by atoms with van der Waals surface area (Å²) in [6, 6.07) is 15.2. The Labute approximate surface area is 269 Å². The highest BCUT2D eigenvalue weighted by Gasteiger charge is 2.32. The van der Waals surface area contributed by atoms with Crippen LogP contribution in [-0.4, -0.2) is 98.1 Å². The number of aromatic nitrogens is 6. The fourth-order valence-corrected chi connectivity index (χ4v) is 7.83. The van der Waals surface area contributed by atoms with E-state index in [9.17, 15) is 0 Å². The molecule has 1 saturated carbocycles. The minimum absolute atomic E-state index is 0.282. The lowest BCUT2D eigenvalue weighted by Gasteiger charge is -2.42. The molecule has 0 radical (unpaired) electrons. The zero-order valence-electron chi connectivity index (χ0n) is 26.6. The van der Waals surface area contributed by atoms with Crippen LogP contribution >= 0.6 is 0 Å². The van der Waals surface area contributed by atoms with Gasteiger partial charge in [0.2, 0.25) is 0 Å². The summed E-state index contributed by atoms with van der Waals surface area (Å²) in [5.74, 6) is 2.20. The number of hydrogen-bond acceptors (Lipinski definition) is 9. The van der Waals surface area contributed by atoms with Gasteiger partial charge in [0.25, 0.3) is 0 Å². The molecule has 3 N–H and O–H groups in total. The third-order valence-electron chi connectivity index (χ3n) is 10.3. The van der Waals surface area contributed by atoms with Crippen molar-refractivity contribution in [2.75, 3.05) is 52.2 Å². The molecule has 0 spiro atoms. The Balaban J connectivity index is 0.988. The van der Waals surface area contributed by atoms with Gasteiger partial charge in [-0.1, -0.05) is 24.3 Å². The number of benzene rings is 2. The van der Waals surface area contributed by atoms with Crippen LogP contribution in [0, 0.1) is 0 Å². The van der Waals surface area contributed by atoms with E-state index in [1.54, 1.807) is 13.4 Å². The summed E-state index contributed by atoms with van der Waals surface area (Å²) in [5.41, 5.74) is 12.0. The molecule has 8 rings (SSSR count). The molecule has 11 heteroatoms. The van der Waals surface area contributed by atoms with E-state index in [1.165, 1.54) is 25.7 Å². The van der Waals surface area contributed by atoms with Gasteiger partial charge in [0, 0.05) is 62.9 Å². The summed E-state index contributed by atoms with van der Waals surface area (Å²) < 4.78 is 13.6. The van der Waals surface area contributed by atoms with Crippen molar-refractivity contribution in [1.29, 1.82) is 0 Å². The van der Waals surface area contributed by atoms with Crippen LogP contribution in [0.5, 0.6) is 5.75 Å². The molecule has 2 saturated heterocycles. The van der Waals surface area contributed by atoms with Crippen molar-refractivity contribution in [2.45, 2.75) is 63.1 Å². The van der Waals surface area contributed by atoms with Crippen molar-refractivity contribution in [3.63, 3.8) is 0 Å². The van der Waals surface area contributed by atoms with Crippen LogP contribution in [0.3, 0.4) is 0 Å². The van der Waals surface area contributed by atoms with Gasteiger partial charge in [-0.2, -0.15) is 5.10 Å². The zero-order chi connectivity index (χ0) is 31.0. The monoisotopic (exact) mass is 621 g/mol. The first kappa shape index (κ1) is 29.3. The summed E-state index contributed by atoms with van der Waals surface area (Å²) >= 11 is 0. The summed E-state index contributed by atoms with van der Waals surface area (Å²) in [4.78, 5) is 22.8. The van der Waals surface area contributed by atoms with Crippen LogP contribution in [0.4, 0.5) is 5.82 Å². The molecule has 1 unspecified atom stereocenters. The standard InChI is InChI=1S/C35H43N9O2/c1-45-30-7-3-2-5-23(30)20-31-39-28-13-8-24(19-29(28)40-31)33-32-34(36)37-22-38-35(32)44(41-33)26-11-9-25(10-12-26)43-16-14-42(15-17-43)21-27-6-4-18-46-27/h2-3,5,7-8,13,19,22,25-27H,4,6,9-12,14-18,20-21H2,1H3,(H,39,40)(H2,36,37,38)/t25-,26-,27?. The topological polar surface area (TPSA) is 123 Å². The lowest BCUT2D eigenvalue weighted by Crippen LogP contribution is -2.52. The van der Waals surface area contributed by atoms with E-state index in [0.29, 0.717) is 24.4 Å². The zero-order valence-corrected chi connectivity index (χ0v) is 26.6. The second-order valence-corrected chi connectivity index (χ2v) is 13.1. The highest BCUT2D eigenvalue weighted by molar-refractivity contribution is 5.99. The van der Waals surface area contributed by atoms with Gasteiger partial charge in [0.05, 0.1) is 35.7 Å². The highest BCUT2D eigenvalue weighted by Crippen LogP contribution is 2.38. The predicted octanol–water partition coefficient (Wildman–Crippen LogP) is 4.83. The Hall–Kier alpha value is -4.06. The molecule has 3 aliphatic rings. The number of para-hydroxylation sites is 1. The number of rotatable bonds is 8.